The van der Waals surface area contributed by atoms with Gasteiger partial charge in [0.2, 0.25) is 4.33 Å². The van der Waals surface area contributed by atoms with Crippen LogP contribution < -0.4 is 15.0 Å². The van der Waals surface area contributed by atoms with E-state index in [1.807, 2.05) is 18.6 Å². The fourth-order valence-corrected chi connectivity index (χ4v) is 3.72. The average molecular weight is 298 g/mol. The number of thioether (sulfide) groups is 2. The first kappa shape index (κ1) is 14.1. The molecule has 19 heavy (non-hydrogen) atoms. The molecule has 0 aliphatic carbocycles. The van der Waals surface area contributed by atoms with Crippen molar-refractivity contribution in [3.63, 3.8) is 0 Å². The lowest BCUT2D eigenvalue weighted by molar-refractivity contribution is -0.134. The summed E-state index contributed by atoms with van der Waals surface area (Å²) in [7, 11) is 1.54. The fourth-order valence-electron chi connectivity index (χ4n) is 1.94. The Labute approximate surface area is 120 Å². The number of amides is 2. The summed E-state index contributed by atoms with van der Waals surface area (Å²) in [4.78, 5) is 25.3. The van der Waals surface area contributed by atoms with E-state index in [9.17, 15) is 9.59 Å². The first-order chi connectivity index (χ1) is 9.09. The minimum absolute atomic E-state index is 0.555. The number of methoxy groups -OCH3 is 1. The average Bonchev–Trinajstić information content (AvgIpc) is 2.71. The summed E-state index contributed by atoms with van der Waals surface area (Å²) in [5.74, 6) is -0.623. The maximum atomic E-state index is 12.1. The van der Waals surface area contributed by atoms with Gasteiger partial charge in [-0.15, -0.1) is 23.5 Å². The van der Waals surface area contributed by atoms with E-state index in [1.165, 1.54) is 35.5 Å². The van der Waals surface area contributed by atoms with Crippen molar-refractivity contribution >= 4 is 41.0 Å². The third-order valence-electron chi connectivity index (χ3n) is 2.84. The number of carbonyl (C=O) groups is 2. The maximum absolute atomic E-state index is 12.1. The molecule has 1 saturated heterocycles. The van der Waals surface area contributed by atoms with E-state index in [1.54, 1.807) is 18.2 Å². The molecule has 1 N–H and O–H groups in total. The quantitative estimate of drug-likeness (QED) is 0.674. The van der Waals surface area contributed by atoms with Gasteiger partial charge in [-0.25, -0.2) is 0 Å². The Morgan fingerprint density at radius 2 is 1.84 bits per heavy atom. The minimum Gasteiger partial charge on any atom is -0.495 e. The Morgan fingerprint density at radius 1 is 1.21 bits per heavy atom. The van der Waals surface area contributed by atoms with Gasteiger partial charge in [-0.2, -0.15) is 0 Å². The van der Waals surface area contributed by atoms with Gasteiger partial charge in [0.05, 0.1) is 12.8 Å². The van der Waals surface area contributed by atoms with Gasteiger partial charge in [-0.1, -0.05) is 12.1 Å². The Balaban J connectivity index is 2.56. The van der Waals surface area contributed by atoms with Crippen LogP contribution in [0, 0.1) is 0 Å². The molecule has 2 amide bonds. The number of anilines is 1. The molecule has 7 heteroatoms. The first-order valence-electron chi connectivity index (χ1n) is 5.49. The summed E-state index contributed by atoms with van der Waals surface area (Å²) in [6.07, 6.45) is 3.69. The Kier molecular flexibility index (Phi) is 3.96. The summed E-state index contributed by atoms with van der Waals surface area (Å²) in [5, 5.41) is 2.72. The second kappa shape index (κ2) is 5.34. The SMILES string of the molecule is COc1ccccc1N1C(=O)C(=O)NC1(SC)SC. The lowest BCUT2D eigenvalue weighted by Crippen LogP contribution is -2.46. The van der Waals surface area contributed by atoms with E-state index in [0.29, 0.717) is 11.4 Å². The van der Waals surface area contributed by atoms with Crippen LogP contribution in [0.4, 0.5) is 5.69 Å². The molecular weight excluding hydrogens is 284 g/mol. The summed E-state index contributed by atoms with van der Waals surface area (Å²) < 4.78 is 4.44. The van der Waals surface area contributed by atoms with Gasteiger partial charge in [-0.3, -0.25) is 14.5 Å². The fraction of sp³-hybridized carbons (Fsp3) is 0.333. The predicted molar refractivity (Wildman–Crippen MR) is 78.4 cm³/mol. The van der Waals surface area contributed by atoms with Gasteiger partial charge in [0.15, 0.2) is 0 Å². The lowest BCUT2D eigenvalue weighted by Gasteiger charge is -2.34. The van der Waals surface area contributed by atoms with Gasteiger partial charge >= 0.3 is 11.8 Å². The van der Waals surface area contributed by atoms with Crippen molar-refractivity contribution in [2.75, 3.05) is 24.5 Å². The van der Waals surface area contributed by atoms with Crippen LogP contribution in [0.15, 0.2) is 24.3 Å². The van der Waals surface area contributed by atoms with E-state index in [-0.39, 0.29) is 0 Å². The van der Waals surface area contributed by atoms with Crippen LogP contribution in [0.5, 0.6) is 5.75 Å². The molecule has 1 aromatic carbocycles. The minimum atomic E-state index is -0.831. The van der Waals surface area contributed by atoms with Gasteiger partial charge in [0.1, 0.15) is 5.75 Å². The zero-order valence-corrected chi connectivity index (χ0v) is 12.4. The topological polar surface area (TPSA) is 58.6 Å². The molecule has 1 aromatic rings. The predicted octanol–water partition coefficient (Wildman–Crippen LogP) is 1.50. The summed E-state index contributed by atoms with van der Waals surface area (Å²) in [6.45, 7) is 0. The third kappa shape index (κ3) is 2.17. The van der Waals surface area contributed by atoms with Crippen LogP contribution in [0.2, 0.25) is 0 Å². The van der Waals surface area contributed by atoms with Crippen LogP contribution in [-0.2, 0) is 9.59 Å². The Bertz CT molecular complexity index is 517. The zero-order chi connectivity index (χ0) is 14.0. The standard InChI is InChI=1S/C12H14N2O3S2/c1-17-9-7-5-4-6-8(9)14-11(16)10(15)13-12(14,18-2)19-3/h4-7H,1-3H3,(H,13,15). The number of hydrogen-bond acceptors (Lipinski definition) is 5. The third-order valence-corrected chi connectivity index (χ3v) is 5.52. The monoisotopic (exact) mass is 298 g/mol. The Hall–Kier alpha value is -1.34. The number of benzene rings is 1. The summed E-state index contributed by atoms with van der Waals surface area (Å²) in [5.41, 5.74) is 0.581. The van der Waals surface area contributed by atoms with Crippen molar-refractivity contribution in [3.05, 3.63) is 24.3 Å². The van der Waals surface area contributed by atoms with Crippen molar-refractivity contribution in [2.45, 2.75) is 4.33 Å². The zero-order valence-electron chi connectivity index (χ0n) is 10.8. The largest absolute Gasteiger partial charge is 0.495 e. The van der Waals surface area contributed by atoms with Crippen molar-refractivity contribution in [1.29, 1.82) is 0 Å². The highest BCUT2D eigenvalue weighted by molar-refractivity contribution is 8.17. The number of carbonyl (C=O) groups excluding carboxylic acids is 2. The highest BCUT2D eigenvalue weighted by atomic mass is 32.2. The van der Waals surface area contributed by atoms with Crippen LogP contribution >= 0.6 is 23.5 Å². The Morgan fingerprint density at radius 3 is 2.42 bits per heavy atom. The van der Waals surface area contributed by atoms with E-state index in [0.717, 1.165) is 0 Å². The molecule has 0 radical (unpaired) electrons. The molecule has 102 valence electrons. The molecule has 0 spiro atoms. The first-order valence-corrected chi connectivity index (χ1v) is 7.94. The number of para-hydroxylation sites is 2. The number of rotatable bonds is 4. The lowest BCUT2D eigenvalue weighted by atomic mass is 10.2. The van der Waals surface area contributed by atoms with Crippen molar-refractivity contribution in [2.24, 2.45) is 0 Å². The molecule has 0 saturated carbocycles. The summed E-state index contributed by atoms with van der Waals surface area (Å²) >= 11 is 2.78. The number of hydrogen-bond donors (Lipinski definition) is 1. The molecule has 0 aromatic heterocycles. The molecule has 1 heterocycles. The molecule has 1 aliphatic rings. The molecule has 0 bridgehead atoms. The van der Waals surface area contributed by atoms with Crippen LogP contribution in [0.3, 0.4) is 0 Å². The van der Waals surface area contributed by atoms with Crippen LogP contribution in [0.1, 0.15) is 0 Å². The highest BCUT2D eigenvalue weighted by Crippen LogP contribution is 2.44. The van der Waals surface area contributed by atoms with Crippen molar-refractivity contribution in [3.8, 4) is 5.75 Å². The second-order valence-electron chi connectivity index (χ2n) is 3.76. The highest BCUT2D eigenvalue weighted by Gasteiger charge is 2.51. The summed E-state index contributed by atoms with van der Waals surface area (Å²) in [6, 6.07) is 7.15. The number of nitrogens with zero attached hydrogens (tertiary/aromatic N) is 1. The molecule has 0 atom stereocenters. The second-order valence-corrected chi connectivity index (χ2v) is 6.01. The number of nitrogens with one attached hydrogen (secondary N) is 1. The smallest absolute Gasteiger partial charge is 0.319 e. The van der Waals surface area contributed by atoms with Crippen molar-refractivity contribution < 1.29 is 14.3 Å². The molecule has 0 unspecified atom stereocenters. The van der Waals surface area contributed by atoms with E-state index in [2.05, 4.69) is 5.32 Å². The molecule has 2 rings (SSSR count). The van der Waals surface area contributed by atoms with Gasteiger partial charge in [0.25, 0.3) is 0 Å². The molecule has 5 nitrogen and oxygen atoms in total. The molecule has 1 fully saturated rings. The normalized spacial score (nSPS) is 17.5. The van der Waals surface area contributed by atoms with Gasteiger partial charge in [0, 0.05) is 0 Å². The van der Waals surface area contributed by atoms with Crippen LogP contribution in [0.25, 0.3) is 0 Å². The molecule has 1 aliphatic heterocycles. The van der Waals surface area contributed by atoms with E-state index >= 15 is 0 Å². The molecular formula is C12H14N2O3S2. The number of ether oxygens (including phenoxy) is 1. The van der Waals surface area contributed by atoms with E-state index in [4.69, 9.17) is 4.74 Å². The van der Waals surface area contributed by atoms with Gasteiger partial charge < -0.3 is 10.1 Å². The van der Waals surface area contributed by atoms with Crippen LogP contribution in [-0.4, -0.2) is 35.8 Å². The van der Waals surface area contributed by atoms with E-state index < -0.39 is 16.1 Å². The van der Waals surface area contributed by atoms with Gasteiger partial charge in [-0.05, 0) is 24.6 Å². The van der Waals surface area contributed by atoms with Crippen molar-refractivity contribution in [1.82, 2.24) is 5.32 Å². The maximum Gasteiger partial charge on any atom is 0.319 e.